The van der Waals surface area contributed by atoms with Crippen LogP contribution in [0, 0.1) is 5.82 Å². The van der Waals surface area contributed by atoms with E-state index < -0.39 is 17.3 Å². The van der Waals surface area contributed by atoms with Gasteiger partial charge in [-0.05, 0) is 24.3 Å². The van der Waals surface area contributed by atoms with Crippen LogP contribution in [0.25, 0.3) is 0 Å². The number of hydrogen-bond donors (Lipinski definition) is 2. The molecule has 5 nitrogen and oxygen atoms in total. The fraction of sp³-hybridized carbons (Fsp3) is 0. The standard InChI is InChI=1S/C11H7ClFN3O2/c12-7-5-6(1-2-8(7)13)14-11(18)9-3-4-10(17)16-15-9/h1-5H,(H,14,18)(H,16,17). The molecule has 2 aromatic rings. The van der Waals surface area contributed by atoms with Crippen molar-refractivity contribution in [3.05, 3.63) is 57.2 Å². The predicted molar refractivity (Wildman–Crippen MR) is 64.2 cm³/mol. The van der Waals surface area contributed by atoms with Crippen LogP contribution >= 0.6 is 11.6 Å². The maximum Gasteiger partial charge on any atom is 0.276 e. The Labute approximate surface area is 106 Å². The van der Waals surface area contributed by atoms with Crippen LogP contribution in [0.4, 0.5) is 10.1 Å². The van der Waals surface area contributed by atoms with Gasteiger partial charge >= 0.3 is 0 Å². The third kappa shape index (κ3) is 2.72. The molecule has 0 saturated carbocycles. The van der Waals surface area contributed by atoms with Crippen molar-refractivity contribution in [2.75, 3.05) is 5.32 Å². The monoisotopic (exact) mass is 267 g/mol. The fourth-order valence-electron chi connectivity index (χ4n) is 1.24. The first kappa shape index (κ1) is 12.3. The Balaban J connectivity index is 2.18. The summed E-state index contributed by atoms with van der Waals surface area (Å²) in [7, 11) is 0. The number of anilines is 1. The summed E-state index contributed by atoms with van der Waals surface area (Å²) in [6, 6.07) is 6.24. The van der Waals surface area contributed by atoms with E-state index in [1.54, 1.807) is 0 Å². The van der Waals surface area contributed by atoms with E-state index in [-0.39, 0.29) is 10.7 Å². The number of halogens is 2. The zero-order valence-corrected chi connectivity index (χ0v) is 9.66. The summed E-state index contributed by atoms with van der Waals surface area (Å²) in [6.07, 6.45) is 0. The van der Waals surface area contributed by atoms with Crippen LogP contribution in [-0.4, -0.2) is 16.1 Å². The molecule has 0 atom stereocenters. The Morgan fingerprint density at radius 2 is 2.11 bits per heavy atom. The quantitative estimate of drug-likeness (QED) is 0.871. The van der Waals surface area contributed by atoms with Gasteiger partial charge in [0, 0.05) is 11.8 Å². The summed E-state index contributed by atoms with van der Waals surface area (Å²) in [4.78, 5) is 22.5. The maximum absolute atomic E-state index is 12.9. The van der Waals surface area contributed by atoms with Crippen molar-refractivity contribution in [2.45, 2.75) is 0 Å². The van der Waals surface area contributed by atoms with Crippen LogP contribution < -0.4 is 10.9 Å². The second kappa shape index (κ2) is 4.97. The highest BCUT2D eigenvalue weighted by molar-refractivity contribution is 6.31. The molecule has 0 saturated heterocycles. The highest BCUT2D eigenvalue weighted by Crippen LogP contribution is 2.19. The van der Waals surface area contributed by atoms with Crippen molar-refractivity contribution >= 4 is 23.2 Å². The zero-order valence-electron chi connectivity index (χ0n) is 8.91. The zero-order chi connectivity index (χ0) is 13.1. The van der Waals surface area contributed by atoms with Gasteiger partial charge in [0.2, 0.25) is 0 Å². The van der Waals surface area contributed by atoms with Crippen LogP contribution in [0.3, 0.4) is 0 Å². The number of rotatable bonds is 2. The number of aromatic nitrogens is 2. The van der Waals surface area contributed by atoms with Crippen molar-refractivity contribution in [1.29, 1.82) is 0 Å². The SMILES string of the molecule is O=C(Nc1ccc(F)c(Cl)c1)c1ccc(=O)[nH]n1. The number of benzene rings is 1. The van der Waals surface area contributed by atoms with Gasteiger partial charge in [0.05, 0.1) is 5.02 Å². The molecule has 0 radical (unpaired) electrons. The molecule has 2 N–H and O–H groups in total. The molecule has 1 aromatic carbocycles. The van der Waals surface area contributed by atoms with Gasteiger partial charge in [0.15, 0.2) is 0 Å². The summed E-state index contributed by atoms with van der Waals surface area (Å²) in [5.74, 6) is -1.11. The van der Waals surface area contributed by atoms with Gasteiger partial charge in [-0.1, -0.05) is 11.6 Å². The van der Waals surface area contributed by atoms with E-state index in [1.165, 1.54) is 24.3 Å². The largest absolute Gasteiger partial charge is 0.321 e. The van der Waals surface area contributed by atoms with E-state index in [4.69, 9.17) is 11.6 Å². The van der Waals surface area contributed by atoms with Crippen LogP contribution in [0.2, 0.25) is 5.02 Å². The summed E-state index contributed by atoms with van der Waals surface area (Å²) in [5, 5.41) is 8.07. The Morgan fingerprint density at radius 3 is 2.72 bits per heavy atom. The lowest BCUT2D eigenvalue weighted by atomic mass is 10.3. The number of carbonyl (C=O) groups is 1. The number of hydrogen-bond acceptors (Lipinski definition) is 3. The van der Waals surface area contributed by atoms with E-state index in [0.717, 1.165) is 6.07 Å². The third-order valence-electron chi connectivity index (χ3n) is 2.09. The summed E-state index contributed by atoms with van der Waals surface area (Å²) in [6.45, 7) is 0. The molecule has 2 rings (SSSR count). The molecule has 7 heteroatoms. The highest BCUT2D eigenvalue weighted by Gasteiger charge is 2.09. The molecule has 18 heavy (non-hydrogen) atoms. The smallest absolute Gasteiger partial charge is 0.276 e. The van der Waals surface area contributed by atoms with E-state index in [1.807, 2.05) is 0 Å². The molecule has 0 aliphatic carbocycles. The Kier molecular flexibility index (Phi) is 3.38. The predicted octanol–water partition coefficient (Wildman–Crippen LogP) is 1.81. The van der Waals surface area contributed by atoms with E-state index in [0.29, 0.717) is 5.69 Å². The molecule has 1 aromatic heterocycles. The minimum atomic E-state index is -0.572. The molecular weight excluding hydrogens is 261 g/mol. The number of aromatic amines is 1. The molecule has 0 aliphatic heterocycles. The topological polar surface area (TPSA) is 74.8 Å². The van der Waals surface area contributed by atoms with Crippen molar-refractivity contribution < 1.29 is 9.18 Å². The molecule has 0 unspecified atom stereocenters. The first-order valence-electron chi connectivity index (χ1n) is 4.88. The normalized spacial score (nSPS) is 10.1. The van der Waals surface area contributed by atoms with Gasteiger partial charge in [-0.15, -0.1) is 0 Å². The van der Waals surface area contributed by atoms with Crippen LogP contribution in [-0.2, 0) is 0 Å². The van der Waals surface area contributed by atoms with Crippen molar-refractivity contribution in [3.63, 3.8) is 0 Å². The summed E-state index contributed by atoms with van der Waals surface area (Å²) in [5.41, 5.74) is -0.0363. The van der Waals surface area contributed by atoms with Crippen molar-refractivity contribution in [2.24, 2.45) is 0 Å². The van der Waals surface area contributed by atoms with Gasteiger partial charge in [0.1, 0.15) is 11.5 Å². The second-order valence-corrected chi connectivity index (χ2v) is 3.80. The fourth-order valence-corrected chi connectivity index (χ4v) is 1.42. The second-order valence-electron chi connectivity index (χ2n) is 3.39. The first-order valence-corrected chi connectivity index (χ1v) is 5.26. The lowest BCUT2D eigenvalue weighted by Crippen LogP contribution is -2.17. The van der Waals surface area contributed by atoms with E-state index >= 15 is 0 Å². The van der Waals surface area contributed by atoms with Crippen LogP contribution in [0.15, 0.2) is 35.1 Å². The van der Waals surface area contributed by atoms with E-state index in [9.17, 15) is 14.0 Å². The van der Waals surface area contributed by atoms with Gasteiger partial charge in [-0.3, -0.25) is 9.59 Å². The molecule has 0 spiro atoms. The van der Waals surface area contributed by atoms with Gasteiger partial charge in [-0.25, -0.2) is 9.49 Å². The Bertz CT molecular complexity index is 636. The average Bonchev–Trinajstić information content (AvgIpc) is 2.34. The van der Waals surface area contributed by atoms with Gasteiger partial charge < -0.3 is 5.32 Å². The lowest BCUT2D eigenvalue weighted by molar-refractivity contribution is 0.102. The molecule has 92 valence electrons. The van der Waals surface area contributed by atoms with Crippen LogP contribution in [0.5, 0.6) is 0 Å². The number of carbonyl (C=O) groups excluding carboxylic acids is 1. The van der Waals surface area contributed by atoms with Crippen molar-refractivity contribution in [3.8, 4) is 0 Å². The molecule has 1 amide bonds. The third-order valence-corrected chi connectivity index (χ3v) is 2.38. The van der Waals surface area contributed by atoms with Gasteiger partial charge in [-0.2, -0.15) is 5.10 Å². The molecule has 0 aliphatic rings. The minimum absolute atomic E-state index is 0.0371. The maximum atomic E-state index is 12.9. The highest BCUT2D eigenvalue weighted by atomic mass is 35.5. The Hall–Kier alpha value is -2.21. The summed E-state index contributed by atoms with van der Waals surface area (Å²) < 4.78 is 12.9. The van der Waals surface area contributed by atoms with Gasteiger partial charge in [0.25, 0.3) is 11.5 Å². The molecule has 0 bridgehead atoms. The lowest BCUT2D eigenvalue weighted by Gasteiger charge is -2.04. The number of amides is 1. The number of H-pyrrole nitrogens is 1. The average molecular weight is 268 g/mol. The molecular formula is C11H7ClFN3O2. The number of nitrogens with one attached hydrogen (secondary N) is 2. The molecule has 1 heterocycles. The minimum Gasteiger partial charge on any atom is -0.321 e. The summed E-state index contributed by atoms with van der Waals surface area (Å²) >= 11 is 5.57. The van der Waals surface area contributed by atoms with Crippen LogP contribution in [0.1, 0.15) is 10.5 Å². The number of nitrogens with zero attached hydrogens (tertiary/aromatic N) is 1. The van der Waals surface area contributed by atoms with Crippen molar-refractivity contribution in [1.82, 2.24) is 10.2 Å². The van der Waals surface area contributed by atoms with E-state index in [2.05, 4.69) is 15.5 Å². The molecule has 0 fully saturated rings. The Morgan fingerprint density at radius 1 is 1.33 bits per heavy atom. The first-order chi connectivity index (χ1) is 8.56.